The maximum atomic E-state index is 10.5. The van der Waals surface area contributed by atoms with Crippen molar-refractivity contribution in [3.63, 3.8) is 0 Å². The standard InChI is InChI=1S/C10H12BrNO2/c1-12(2)9-5-7(6-10(13)14)3-4-8(9)11/h3-5H,6H2,1-2H3,(H,13,14). The SMILES string of the molecule is CN(C)c1cc(CC(=O)O)ccc1Br. The first-order valence-electron chi connectivity index (χ1n) is 4.18. The third-order valence-corrected chi connectivity index (χ3v) is 2.52. The molecule has 0 fully saturated rings. The van der Waals surface area contributed by atoms with Crippen molar-refractivity contribution in [1.82, 2.24) is 0 Å². The van der Waals surface area contributed by atoms with Gasteiger partial charge >= 0.3 is 5.97 Å². The molecule has 0 aromatic heterocycles. The van der Waals surface area contributed by atoms with Crippen LogP contribution in [0.5, 0.6) is 0 Å². The van der Waals surface area contributed by atoms with Crippen molar-refractivity contribution in [2.75, 3.05) is 19.0 Å². The molecule has 0 atom stereocenters. The number of hydrogen-bond donors (Lipinski definition) is 1. The molecule has 0 heterocycles. The maximum Gasteiger partial charge on any atom is 0.307 e. The Morgan fingerprint density at radius 2 is 2.14 bits per heavy atom. The predicted octanol–water partition coefficient (Wildman–Crippen LogP) is 2.14. The Morgan fingerprint density at radius 3 is 2.64 bits per heavy atom. The van der Waals surface area contributed by atoms with Crippen molar-refractivity contribution in [2.45, 2.75) is 6.42 Å². The number of carboxylic acids is 1. The summed E-state index contributed by atoms with van der Waals surface area (Å²) in [5.41, 5.74) is 1.80. The number of nitrogens with zero attached hydrogens (tertiary/aromatic N) is 1. The van der Waals surface area contributed by atoms with Gasteiger partial charge in [0.05, 0.1) is 12.1 Å². The van der Waals surface area contributed by atoms with Crippen LogP contribution in [0.3, 0.4) is 0 Å². The summed E-state index contributed by atoms with van der Waals surface area (Å²) in [6, 6.07) is 5.55. The number of rotatable bonds is 3. The minimum absolute atomic E-state index is 0.0636. The summed E-state index contributed by atoms with van der Waals surface area (Å²) < 4.78 is 0.969. The second-order valence-electron chi connectivity index (χ2n) is 3.25. The Bertz CT molecular complexity index is 350. The van der Waals surface area contributed by atoms with E-state index in [1.165, 1.54) is 0 Å². The van der Waals surface area contributed by atoms with E-state index in [1.54, 1.807) is 0 Å². The molecule has 1 aromatic rings. The van der Waals surface area contributed by atoms with E-state index in [-0.39, 0.29) is 6.42 Å². The Labute approximate surface area is 91.5 Å². The van der Waals surface area contributed by atoms with Gasteiger partial charge < -0.3 is 10.0 Å². The zero-order valence-corrected chi connectivity index (χ0v) is 9.71. The molecule has 0 amide bonds. The minimum atomic E-state index is -0.808. The van der Waals surface area contributed by atoms with Crippen LogP contribution in [0.25, 0.3) is 0 Å². The van der Waals surface area contributed by atoms with E-state index < -0.39 is 5.97 Å². The summed E-state index contributed by atoms with van der Waals surface area (Å²) in [5, 5.41) is 8.64. The molecule has 0 bridgehead atoms. The molecule has 3 nitrogen and oxygen atoms in total. The van der Waals surface area contributed by atoms with Crippen molar-refractivity contribution in [3.05, 3.63) is 28.2 Å². The molecular formula is C10H12BrNO2. The zero-order chi connectivity index (χ0) is 10.7. The second-order valence-corrected chi connectivity index (χ2v) is 4.11. The normalized spacial score (nSPS) is 9.93. The van der Waals surface area contributed by atoms with E-state index in [0.717, 1.165) is 15.7 Å². The Kier molecular flexibility index (Phi) is 3.52. The van der Waals surface area contributed by atoms with Crippen LogP contribution >= 0.6 is 15.9 Å². The van der Waals surface area contributed by atoms with Crippen molar-refractivity contribution in [2.24, 2.45) is 0 Å². The van der Waals surface area contributed by atoms with Crippen LogP contribution in [-0.2, 0) is 11.2 Å². The first kappa shape index (κ1) is 11.0. The second kappa shape index (κ2) is 4.46. The van der Waals surface area contributed by atoms with Crippen LogP contribution in [0.2, 0.25) is 0 Å². The fourth-order valence-electron chi connectivity index (χ4n) is 1.19. The van der Waals surface area contributed by atoms with Gasteiger partial charge in [-0.1, -0.05) is 6.07 Å². The number of aliphatic carboxylic acids is 1. The molecule has 14 heavy (non-hydrogen) atoms. The molecule has 0 aliphatic carbocycles. The Hall–Kier alpha value is -1.03. The highest BCUT2D eigenvalue weighted by atomic mass is 79.9. The quantitative estimate of drug-likeness (QED) is 0.902. The molecular weight excluding hydrogens is 246 g/mol. The summed E-state index contributed by atoms with van der Waals surface area (Å²) in [6.07, 6.45) is 0.0636. The van der Waals surface area contributed by atoms with E-state index in [1.807, 2.05) is 37.2 Å². The zero-order valence-electron chi connectivity index (χ0n) is 8.12. The van der Waals surface area contributed by atoms with Gasteiger partial charge in [-0.3, -0.25) is 4.79 Å². The molecule has 0 unspecified atom stereocenters. The third kappa shape index (κ3) is 2.73. The lowest BCUT2D eigenvalue weighted by Crippen LogP contribution is -2.10. The van der Waals surface area contributed by atoms with Gasteiger partial charge in [-0.15, -0.1) is 0 Å². The molecule has 0 saturated carbocycles. The summed E-state index contributed by atoms with van der Waals surface area (Å²) in [6.45, 7) is 0. The van der Waals surface area contributed by atoms with Gasteiger partial charge in [0.25, 0.3) is 0 Å². The van der Waals surface area contributed by atoms with Crippen LogP contribution in [0, 0.1) is 0 Å². The first-order valence-corrected chi connectivity index (χ1v) is 4.97. The minimum Gasteiger partial charge on any atom is -0.481 e. The van der Waals surface area contributed by atoms with E-state index in [0.29, 0.717) is 0 Å². The molecule has 1 rings (SSSR count). The molecule has 76 valence electrons. The number of carbonyl (C=O) groups is 1. The monoisotopic (exact) mass is 257 g/mol. The van der Waals surface area contributed by atoms with Crippen molar-refractivity contribution in [3.8, 4) is 0 Å². The lowest BCUT2D eigenvalue weighted by Gasteiger charge is -2.15. The van der Waals surface area contributed by atoms with Gasteiger partial charge in [-0.25, -0.2) is 0 Å². The molecule has 0 radical (unpaired) electrons. The number of anilines is 1. The average molecular weight is 258 g/mol. The lowest BCUT2D eigenvalue weighted by atomic mass is 10.1. The summed E-state index contributed by atoms with van der Waals surface area (Å²) in [5.74, 6) is -0.808. The third-order valence-electron chi connectivity index (χ3n) is 1.85. The Morgan fingerprint density at radius 1 is 1.50 bits per heavy atom. The van der Waals surface area contributed by atoms with Gasteiger partial charge in [0, 0.05) is 18.6 Å². The van der Waals surface area contributed by atoms with Crippen molar-refractivity contribution in [1.29, 1.82) is 0 Å². The van der Waals surface area contributed by atoms with Crippen LogP contribution < -0.4 is 4.90 Å². The molecule has 1 N–H and O–H groups in total. The van der Waals surface area contributed by atoms with Gasteiger partial charge in [-0.2, -0.15) is 0 Å². The van der Waals surface area contributed by atoms with Gasteiger partial charge in [-0.05, 0) is 33.6 Å². The lowest BCUT2D eigenvalue weighted by molar-refractivity contribution is -0.136. The number of benzene rings is 1. The molecule has 1 aromatic carbocycles. The summed E-state index contributed by atoms with van der Waals surface area (Å²) in [4.78, 5) is 12.4. The van der Waals surface area contributed by atoms with Crippen LogP contribution in [-0.4, -0.2) is 25.2 Å². The molecule has 0 saturated heterocycles. The molecule has 0 aliphatic rings. The summed E-state index contributed by atoms with van der Waals surface area (Å²) in [7, 11) is 3.84. The molecule has 4 heteroatoms. The first-order chi connectivity index (χ1) is 6.50. The fourth-order valence-corrected chi connectivity index (χ4v) is 1.79. The van der Waals surface area contributed by atoms with Crippen molar-refractivity contribution >= 4 is 27.6 Å². The van der Waals surface area contributed by atoms with Gasteiger partial charge in [0.2, 0.25) is 0 Å². The largest absolute Gasteiger partial charge is 0.481 e. The molecule has 0 spiro atoms. The van der Waals surface area contributed by atoms with E-state index in [9.17, 15) is 4.79 Å². The summed E-state index contributed by atoms with van der Waals surface area (Å²) >= 11 is 3.41. The number of carboxylic acid groups (broad SMARTS) is 1. The van der Waals surface area contributed by atoms with E-state index in [2.05, 4.69) is 15.9 Å². The van der Waals surface area contributed by atoms with Crippen molar-refractivity contribution < 1.29 is 9.90 Å². The van der Waals surface area contributed by atoms with Crippen LogP contribution in [0.15, 0.2) is 22.7 Å². The number of halogens is 1. The predicted molar refractivity (Wildman–Crippen MR) is 59.8 cm³/mol. The van der Waals surface area contributed by atoms with Gasteiger partial charge in [0.1, 0.15) is 0 Å². The number of hydrogen-bond acceptors (Lipinski definition) is 2. The van der Waals surface area contributed by atoms with Crippen LogP contribution in [0.4, 0.5) is 5.69 Å². The van der Waals surface area contributed by atoms with E-state index in [4.69, 9.17) is 5.11 Å². The highest BCUT2D eigenvalue weighted by Crippen LogP contribution is 2.25. The topological polar surface area (TPSA) is 40.5 Å². The van der Waals surface area contributed by atoms with Crippen LogP contribution in [0.1, 0.15) is 5.56 Å². The van der Waals surface area contributed by atoms with Gasteiger partial charge in [0.15, 0.2) is 0 Å². The highest BCUT2D eigenvalue weighted by Gasteiger charge is 2.05. The smallest absolute Gasteiger partial charge is 0.307 e. The Balaban J connectivity index is 3.00. The molecule has 0 aliphatic heterocycles. The fraction of sp³-hybridized carbons (Fsp3) is 0.300. The highest BCUT2D eigenvalue weighted by molar-refractivity contribution is 9.10. The average Bonchev–Trinajstić information content (AvgIpc) is 2.07. The van der Waals surface area contributed by atoms with E-state index >= 15 is 0 Å². The maximum absolute atomic E-state index is 10.5.